The molecule has 0 saturated heterocycles. The zero-order chi connectivity index (χ0) is 20.2. The van der Waals surface area contributed by atoms with E-state index in [0.29, 0.717) is 17.2 Å². The number of amides is 1. The average Bonchev–Trinajstić information content (AvgIpc) is 3.43. The molecule has 0 fully saturated rings. The Balaban J connectivity index is 1.54. The zero-order valence-corrected chi connectivity index (χ0v) is 18.1. The molecule has 1 aromatic heterocycles. The highest BCUT2D eigenvalue weighted by Gasteiger charge is 2.33. The predicted molar refractivity (Wildman–Crippen MR) is 120 cm³/mol. The first-order valence-electron chi connectivity index (χ1n) is 9.10. The fourth-order valence-corrected chi connectivity index (χ4v) is 4.76. The van der Waals surface area contributed by atoms with Crippen molar-refractivity contribution in [2.24, 2.45) is 5.10 Å². The molecule has 2 heterocycles. The number of halogens is 1. The van der Waals surface area contributed by atoms with Gasteiger partial charge in [0.05, 0.1) is 29.5 Å². The largest absolute Gasteiger partial charge is 0.497 e. The van der Waals surface area contributed by atoms with Gasteiger partial charge in [-0.3, -0.25) is 4.79 Å². The maximum absolute atomic E-state index is 13.1. The van der Waals surface area contributed by atoms with E-state index in [9.17, 15) is 4.79 Å². The van der Waals surface area contributed by atoms with Crippen molar-refractivity contribution in [1.82, 2.24) is 5.01 Å². The lowest BCUT2D eigenvalue weighted by Crippen LogP contribution is -2.28. The van der Waals surface area contributed by atoms with Crippen LogP contribution in [0.15, 0.2) is 76.0 Å². The number of carbonyl (C=O) groups excluding carboxylic acids is 1. The number of benzene rings is 2. The van der Waals surface area contributed by atoms with Crippen molar-refractivity contribution in [1.29, 1.82) is 0 Å². The Labute approximate surface area is 183 Å². The van der Waals surface area contributed by atoms with Crippen molar-refractivity contribution >= 4 is 46.3 Å². The standard InChI is InChI=1S/C22H19ClN2O2S2/c1-27-17-8-4-15(5-9-17)20-13-19(21-3-2-12-28-21)24-25(20)22(26)14-29-18-10-6-16(23)7-11-18/h2-12,20H,13-14H2,1H3. The smallest absolute Gasteiger partial charge is 0.253 e. The molecule has 0 saturated carbocycles. The Morgan fingerprint density at radius 1 is 1.21 bits per heavy atom. The molecule has 29 heavy (non-hydrogen) atoms. The van der Waals surface area contributed by atoms with Crippen molar-refractivity contribution in [2.45, 2.75) is 17.4 Å². The molecule has 1 unspecified atom stereocenters. The fraction of sp³-hybridized carbons (Fsp3) is 0.182. The number of nitrogens with zero attached hydrogens (tertiary/aromatic N) is 2. The van der Waals surface area contributed by atoms with E-state index in [1.54, 1.807) is 23.5 Å². The molecule has 148 valence electrons. The summed E-state index contributed by atoms with van der Waals surface area (Å²) in [6.07, 6.45) is 0.699. The Bertz CT molecular complexity index is 1000. The number of hydrogen-bond acceptors (Lipinski definition) is 5. The van der Waals surface area contributed by atoms with Gasteiger partial charge < -0.3 is 4.74 Å². The van der Waals surface area contributed by atoms with Crippen LogP contribution >= 0.6 is 34.7 Å². The molecule has 0 aliphatic carbocycles. The second kappa shape index (κ2) is 9.03. The van der Waals surface area contributed by atoms with Crippen molar-refractivity contribution in [3.05, 3.63) is 81.5 Å². The second-order valence-corrected chi connectivity index (χ2v) is 8.93. The molecular weight excluding hydrogens is 424 g/mol. The summed E-state index contributed by atoms with van der Waals surface area (Å²) >= 11 is 9.07. The van der Waals surface area contributed by atoms with Gasteiger partial charge in [0.15, 0.2) is 0 Å². The minimum Gasteiger partial charge on any atom is -0.497 e. The average molecular weight is 443 g/mol. The third-order valence-corrected chi connectivity index (χ3v) is 6.82. The van der Waals surface area contributed by atoms with Gasteiger partial charge in [0, 0.05) is 16.3 Å². The van der Waals surface area contributed by atoms with Crippen molar-refractivity contribution < 1.29 is 9.53 Å². The summed E-state index contributed by atoms with van der Waals surface area (Å²) < 4.78 is 5.26. The van der Waals surface area contributed by atoms with Crippen LogP contribution in [-0.2, 0) is 4.79 Å². The summed E-state index contributed by atoms with van der Waals surface area (Å²) in [4.78, 5) is 15.2. The molecule has 1 aliphatic rings. The summed E-state index contributed by atoms with van der Waals surface area (Å²) in [5.41, 5.74) is 2.00. The maximum Gasteiger partial charge on any atom is 0.253 e. The van der Waals surface area contributed by atoms with E-state index >= 15 is 0 Å². The van der Waals surface area contributed by atoms with Crippen molar-refractivity contribution in [3.63, 3.8) is 0 Å². The van der Waals surface area contributed by atoms with Crippen LogP contribution in [0.3, 0.4) is 0 Å². The van der Waals surface area contributed by atoms with Crippen LogP contribution in [0.5, 0.6) is 5.75 Å². The summed E-state index contributed by atoms with van der Waals surface area (Å²) in [5, 5.41) is 9.06. The lowest BCUT2D eigenvalue weighted by molar-refractivity contribution is -0.130. The first-order valence-corrected chi connectivity index (χ1v) is 11.3. The SMILES string of the molecule is COc1ccc(C2CC(c3cccs3)=NN2C(=O)CSc2ccc(Cl)cc2)cc1. The number of hydrogen-bond donors (Lipinski definition) is 0. The lowest BCUT2D eigenvalue weighted by Gasteiger charge is -2.22. The van der Waals surface area contributed by atoms with E-state index in [1.807, 2.05) is 66.0 Å². The van der Waals surface area contributed by atoms with Crippen LogP contribution < -0.4 is 4.74 Å². The molecule has 0 spiro atoms. The van der Waals surface area contributed by atoms with Gasteiger partial charge in [0.25, 0.3) is 5.91 Å². The number of ether oxygens (including phenoxy) is 1. The van der Waals surface area contributed by atoms with Gasteiger partial charge in [0.2, 0.25) is 0 Å². The molecule has 0 radical (unpaired) electrons. The molecule has 1 atom stereocenters. The van der Waals surface area contributed by atoms with Crippen LogP contribution in [0, 0.1) is 0 Å². The second-order valence-electron chi connectivity index (χ2n) is 6.50. The minimum atomic E-state index is -0.115. The number of rotatable bonds is 6. The first-order chi connectivity index (χ1) is 14.1. The fourth-order valence-electron chi connectivity index (χ4n) is 3.16. The van der Waals surface area contributed by atoms with Gasteiger partial charge in [-0.2, -0.15) is 5.10 Å². The maximum atomic E-state index is 13.1. The third-order valence-electron chi connectivity index (χ3n) is 4.65. The highest BCUT2D eigenvalue weighted by molar-refractivity contribution is 8.00. The van der Waals surface area contributed by atoms with Gasteiger partial charge in [0.1, 0.15) is 5.75 Å². The Hall–Kier alpha value is -2.28. The van der Waals surface area contributed by atoms with E-state index in [-0.39, 0.29) is 11.9 Å². The van der Waals surface area contributed by atoms with Gasteiger partial charge in [-0.15, -0.1) is 23.1 Å². The molecule has 1 amide bonds. The van der Waals surface area contributed by atoms with Gasteiger partial charge >= 0.3 is 0 Å². The molecule has 4 rings (SSSR count). The number of thiophene rings is 1. The summed E-state index contributed by atoms with van der Waals surface area (Å²) in [6.45, 7) is 0. The topological polar surface area (TPSA) is 41.9 Å². The number of methoxy groups -OCH3 is 1. The molecular formula is C22H19ClN2O2S2. The predicted octanol–water partition coefficient (Wildman–Crippen LogP) is 5.88. The van der Waals surface area contributed by atoms with Crippen LogP contribution in [0.2, 0.25) is 5.02 Å². The molecule has 3 aromatic rings. The van der Waals surface area contributed by atoms with Gasteiger partial charge in [-0.25, -0.2) is 5.01 Å². The third kappa shape index (κ3) is 4.66. The van der Waals surface area contributed by atoms with E-state index in [2.05, 4.69) is 0 Å². The lowest BCUT2D eigenvalue weighted by atomic mass is 10.0. The van der Waals surface area contributed by atoms with E-state index in [4.69, 9.17) is 21.4 Å². The van der Waals surface area contributed by atoms with E-state index in [0.717, 1.165) is 26.8 Å². The Kier molecular flexibility index (Phi) is 6.23. The monoisotopic (exact) mass is 442 g/mol. The molecule has 1 aliphatic heterocycles. The summed E-state index contributed by atoms with van der Waals surface area (Å²) in [7, 11) is 1.65. The van der Waals surface area contributed by atoms with E-state index in [1.165, 1.54) is 11.8 Å². The Morgan fingerprint density at radius 3 is 2.62 bits per heavy atom. The number of hydrazone groups is 1. The zero-order valence-electron chi connectivity index (χ0n) is 15.7. The Morgan fingerprint density at radius 2 is 1.97 bits per heavy atom. The number of carbonyl (C=O) groups is 1. The van der Waals surface area contributed by atoms with Crippen LogP contribution in [-0.4, -0.2) is 29.5 Å². The molecule has 0 bridgehead atoms. The van der Waals surface area contributed by atoms with Crippen LogP contribution in [0.25, 0.3) is 0 Å². The highest BCUT2D eigenvalue weighted by Crippen LogP contribution is 2.35. The van der Waals surface area contributed by atoms with Crippen molar-refractivity contribution in [3.8, 4) is 5.75 Å². The summed E-state index contributed by atoms with van der Waals surface area (Å²) in [6, 6.07) is 19.3. The van der Waals surface area contributed by atoms with E-state index < -0.39 is 0 Å². The van der Waals surface area contributed by atoms with Crippen LogP contribution in [0.4, 0.5) is 0 Å². The number of thioether (sulfide) groups is 1. The first kappa shape index (κ1) is 20.0. The molecule has 0 N–H and O–H groups in total. The summed E-state index contributed by atoms with van der Waals surface area (Å²) in [5.74, 6) is 1.09. The molecule has 4 nitrogen and oxygen atoms in total. The van der Waals surface area contributed by atoms with Crippen molar-refractivity contribution in [2.75, 3.05) is 12.9 Å². The minimum absolute atomic E-state index is 0.0164. The molecule has 2 aromatic carbocycles. The van der Waals surface area contributed by atoms with Gasteiger partial charge in [-0.05, 0) is 53.4 Å². The highest BCUT2D eigenvalue weighted by atomic mass is 35.5. The molecule has 7 heteroatoms. The quantitative estimate of drug-likeness (QED) is 0.447. The normalized spacial score (nSPS) is 16.0. The van der Waals surface area contributed by atoms with Crippen LogP contribution in [0.1, 0.15) is 22.9 Å². The van der Waals surface area contributed by atoms with Gasteiger partial charge in [-0.1, -0.05) is 29.8 Å².